The van der Waals surface area contributed by atoms with Crippen molar-refractivity contribution in [1.82, 2.24) is 9.97 Å². The van der Waals surface area contributed by atoms with E-state index in [9.17, 15) is 13.2 Å². The van der Waals surface area contributed by atoms with E-state index in [-0.39, 0.29) is 11.5 Å². The van der Waals surface area contributed by atoms with Crippen molar-refractivity contribution in [3.63, 3.8) is 0 Å². The highest BCUT2D eigenvalue weighted by molar-refractivity contribution is 5.63. The van der Waals surface area contributed by atoms with E-state index in [1.165, 1.54) is 6.07 Å². The lowest BCUT2D eigenvalue weighted by Gasteiger charge is -2.09. The number of halogens is 3. The molecule has 0 aliphatic rings. The first-order chi connectivity index (χ1) is 9.40. The summed E-state index contributed by atoms with van der Waals surface area (Å²) < 4.78 is 43.3. The average Bonchev–Trinajstić information content (AvgIpc) is 2.38. The van der Waals surface area contributed by atoms with Crippen LogP contribution in [0.1, 0.15) is 12.7 Å². The maximum Gasteiger partial charge on any atom is 0.451 e. The molecule has 0 fully saturated rings. The first kappa shape index (κ1) is 14.1. The number of benzene rings is 1. The average molecular weight is 283 g/mol. The summed E-state index contributed by atoms with van der Waals surface area (Å²) in [5, 5.41) is 0. The second-order valence-corrected chi connectivity index (χ2v) is 3.96. The Morgan fingerprint density at radius 1 is 1.20 bits per heavy atom. The van der Waals surface area contributed by atoms with Crippen molar-refractivity contribution < 1.29 is 17.9 Å². The normalized spacial score (nSPS) is 11.4. The van der Waals surface area contributed by atoms with Gasteiger partial charge in [0, 0.05) is 11.6 Å². The fourth-order valence-electron chi connectivity index (χ4n) is 1.65. The summed E-state index contributed by atoms with van der Waals surface area (Å²) in [5.74, 6) is -0.936. The van der Waals surface area contributed by atoms with Crippen molar-refractivity contribution in [3.05, 3.63) is 36.2 Å². The Morgan fingerprint density at radius 2 is 1.95 bits per heavy atom. The highest BCUT2D eigenvalue weighted by Gasteiger charge is 2.35. The zero-order chi connectivity index (χ0) is 14.8. The molecule has 0 bridgehead atoms. The first-order valence-corrected chi connectivity index (χ1v) is 5.85. The van der Waals surface area contributed by atoms with Gasteiger partial charge >= 0.3 is 6.18 Å². The molecule has 4 nitrogen and oxygen atoms in total. The van der Waals surface area contributed by atoms with Crippen LogP contribution >= 0.6 is 0 Å². The monoisotopic (exact) mass is 283 g/mol. The van der Waals surface area contributed by atoms with Crippen molar-refractivity contribution in [3.8, 4) is 17.0 Å². The van der Waals surface area contributed by atoms with Gasteiger partial charge in [-0.05, 0) is 19.1 Å². The fourth-order valence-corrected chi connectivity index (χ4v) is 1.65. The van der Waals surface area contributed by atoms with Gasteiger partial charge in [0.1, 0.15) is 11.6 Å². The molecule has 0 atom stereocenters. The van der Waals surface area contributed by atoms with Crippen LogP contribution in [0.4, 0.5) is 19.0 Å². The molecule has 2 aromatic rings. The molecule has 20 heavy (non-hydrogen) atoms. The fraction of sp³-hybridized carbons (Fsp3) is 0.231. The molecule has 0 aliphatic heterocycles. The van der Waals surface area contributed by atoms with E-state index in [4.69, 9.17) is 10.5 Å². The van der Waals surface area contributed by atoms with Gasteiger partial charge in [-0.3, -0.25) is 0 Å². The molecule has 0 radical (unpaired) electrons. The van der Waals surface area contributed by atoms with Gasteiger partial charge in [0.05, 0.1) is 12.3 Å². The van der Waals surface area contributed by atoms with Crippen LogP contribution in [-0.4, -0.2) is 16.6 Å². The van der Waals surface area contributed by atoms with Gasteiger partial charge in [-0.15, -0.1) is 0 Å². The third kappa shape index (κ3) is 3.17. The molecule has 0 amide bonds. The second kappa shape index (κ2) is 5.36. The van der Waals surface area contributed by atoms with Crippen LogP contribution in [0.25, 0.3) is 11.3 Å². The van der Waals surface area contributed by atoms with Crippen LogP contribution in [0.5, 0.6) is 5.75 Å². The Labute approximate surface area is 113 Å². The molecular weight excluding hydrogens is 271 g/mol. The van der Waals surface area contributed by atoms with Crippen LogP contribution in [0.2, 0.25) is 0 Å². The Hall–Kier alpha value is -2.31. The Balaban J connectivity index is 2.47. The number of nitrogen functional groups attached to an aromatic ring is 1. The SMILES string of the molecule is CCOc1cccc(-c2cc(N)nc(C(F)(F)F)n2)c1. The van der Waals surface area contributed by atoms with Gasteiger partial charge in [-0.2, -0.15) is 13.2 Å². The van der Waals surface area contributed by atoms with Crippen LogP contribution in [0, 0.1) is 0 Å². The van der Waals surface area contributed by atoms with Crippen molar-refractivity contribution in [2.75, 3.05) is 12.3 Å². The molecule has 2 N–H and O–H groups in total. The molecule has 0 unspecified atom stereocenters. The van der Waals surface area contributed by atoms with Gasteiger partial charge in [-0.25, -0.2) is 9.97 Å². The predicted octanol–water partition coefficient (Wildman–Crippen LogP) is 3.14. The maximum absolute atomic E-state index is 12.7. The summed E-state index contributed by atoms with van der Waals surface area (Å²) in [4.78, 5) is 6.70. The molecule has 0 saturated carbocycles. The van der Waals surface area contributed by atoms with Crippen molar-refractivity contribution in [2.45, 2.75) is 13.1 Å². The number of hydrogen-bond donors (Lipinski definition) is 1. The molecule has 0 spiro atoms. The Kier molecular flexibility index (Phi) is 3.78. The lowest BCUT2D eigenvalue weighted by atomic mass is 10.1. The summed E-state index contributed by atoms with van der Waals surface area (Å²) in [6, 6.07) is 7.91. The molecule has 2 rings (SSSR count). The Bertz CT molecular complexity index is 614. The van der Waals surface area contributed by atoms with Crippen molar-refractivity contribution >= 4 is 5.82 Å². The smallest absolute Gasteiger partial charge is 0.451 e. The summed E-state index contributed by atoms with van der Waals surface area (Å²) in [6.07, 6.45) is -4.64. The summed E-state index contributed by atoms with van der Waals surface area (Å²) in [7, 11) is 0. The number of rotatable bonds is 3. The zero-order valence-corrected chi connectivity index (χ0v) is 10.6. The van der Waals surface area contributed by atoms with Gasteiger partial charge in [0.15, 0.2) is 0 Å². The highest BCUT2D eigenvalue weighted by Crippen LogP contribution is 2.30. The molecule has 0 saturated heterocycles. The van der Waals surface area contributed by atoms with Crippen LogP contribution in [-0.2, 0) is 6.18 Å². The molecular formula is C13H12F3N3O. The number of nitrogens with two attached hydrogens (primary N) is 1. The van der Waals surface area contributed by atoms with Gasteiger partial charge < -0.3 is 10.5 Å². The van der Waals surface area contributed by atoms with E-state index in [2.05, 4.69) is 9.97 Å². The molecule has 0 aliphatic carbocycles. The van der Waals surface area contributed by atoms with Crippen LogP contribution in [0.3, 0.4) is 0 Å². The topological polar surface area (TPSA) is 61.0 Å². The predicted molar refractivity (Wildman–Crippen MR) is 68.1 cm³/mol. The van der Waals surface area contributed by atoms with E-state index < -0.39 is 12.0 Å². The number of alkyl halides is 3. The molecule has 7 heteroatoms. The second-order valence-electron chi connectivity index (χ2n) is 3.96. The first-order valence-electron chi connectivity index (χ1n) is 5.85. The van der Waals surface area contributed by atoms with Gasteiger partial charge in [0.25, 0.3) is 0 Å². The zero-order valence-electron chi connectivity index (χ0n) is 10.6. The minimum atomic E-state index is -4.64. The lowest BCUT2D eigenvalue weighted by Crippen LogP contribution is -2.13. The summed E-state index contributed by atoms with van der Waals surface area (Å²) in [5.41, 5.74) is 5.99. The highest BCUT2D eigenvalue weighted by atomic mass is 19.4. The van der Waals surface area contributed by atoms with E-state index in [0.717, 1.165) is 0 Å². The number of nitrogens with zero attached hydrogens (tertiary/aromatic N) is 2. The quantitative estimate of drug-likeness (QED) is 0.940. The van der Waals surface area contributed by atoms with Crippen LogP contribution < -0.4 is 10.5 Å². The summed E-state index contributed by atoms with van der Waals surface area (Å²) in [6.45, 7) is 2.28. The van der Waals surface area contributed by atoms with Gasteiger partial charge in [0.2, 0.25) is 5.82 Å². The molecule has 1 aromatic heterocycles. The van der Waals surface area contributed by atoms with E-state index in [1.807, 2.05) is 6.92 Å². The lowest BCUT2D eigenvalue weighted by molar-refractivity contribution is -0.144. The third-order valence-corrected chi connectivity index (χ3v) is 2.44. The maximum atomic E-state index is 12.7. The minimum absolute atomic E-state index is 0.103. The number of aromatic nitrogens is 2. The number of anilines is 1. The standard InChI is InChI=1S/C13H12F3N3O/c1-2-20-9-5-3-4-8(6-9)10-7-11(17)19-12(18-10)13(14,15)16/h3-7H,2H2,1H3,(H2,17,18,19). The molecule has 106 valence electrons. The van der Waals surface area contributed by atoms with Crippen molar-refractivity contribution in [2.24, 2.45) is 0 Å². The Morgan fingerprint density at radius 3 is 2.60 bits per heavy atom. The minimum Gasteiger partial charge on any atom is -0.494 e. The van der Waals surface area contributed by atoms with E-state index >= 15 is 0 Å². The largest absolute Gasteiger partial charge is 0.494 e. The molecule has 1 heterocycles. The van der Waals surface area contributed by atoms with E-state index in [0.29, 0.717) is 17.9 Å². The van der Waals surface area contributed by atoms with Crippen LogP contribution in [0.15, 0.2) is 30.3 Å². The van der Waals surface area contributed by atoms with Crippen molar-refractivity contribution in [1.29, 1.82) is 0 Å². The van der Waals surface area contributed by atoms with E-state index in [1.54, 1.807) is 24.3 Å². The summed E-state index contributed by atoms with van der Waals surface area (Å²) >= 11 is 0. The third-order valence-electron chi connectivity index (χ3n) is 2.44. The molecule has 1 aromatic carbocycles. The number of hydrogen-bond acceptors (Lipinski definition) is 4. The van der Waals surface area contributed by atoms with Gasteiger partial charge in [-0.1, -0.05) is 12.1 Å². The number of ether oxygens (including phenoxy) is 1.